The average Bonchev–Trinajstić information content (AvgIpc) is 2.60. The fourth-order valence-electron chi connectivity index (χ4n) is 2.26. The molecule has 3 nitrogen and oxygen atoms in total. The first-order valence-electron chi connectivity index (χ1n) is 6.17. The molecule has 0 bridgehead atoms. The number of amidine groups is 1. The summed E-state index contributed by atoms with van der Waals surface area (Å²) in [5.74, 6) is -0.962. The molecule has 0 saturated carbocycles. The minimum atomic E-state index is -0.790. The zero-order valence-corrected chi connectivity index (χ0v) is 11.0. The highest BCUT2D eigenvalue weighted by Crippen LogP contribution is 2.31. The van der Waals surface area contributed by atoms with Gasteiger partial charge in [-0.2, -0.15) is 4.99 Å². The summed E-state index contributed by atoms with van der Waals surface area (Å²) >= 11 is 0. The topological polar surface area (TPSA) is 32.7 Å². The van der Waals surface area contributed by atoms with Crippen LogP contribution in [0, 0.1) is 11.6 Å². The second kappa shape index (κ2) is 4.10. The number of halogens is 2. The number of fused-ring (bicyclic) bond motifs is 1. The van der Waals surface area contributed by atoms with E-state index >= 15 is 0 Å². The van der Waals surface area contributed by atoms with E-state index in [1.807, 2.05) is 0 Å². The van der Waals surface area contributed by atoms with Crippen molar-refractivity contribution in [2.45, 2.75) is 19.4 Å². The van der Waals surface area contributed by atoms with E-state index in [9.17, 15) is 13.6 Å². The number of allylic oxidation sites excluding steroid dienone is 2. The molecule has 1 aromatic rings. The van der Waals surface area contributed by atoms with Gasteiger partial charge in [-0.3, -0.25) is 4.79 Å². The summed E-state index contributed by atoms with van der Waals surface area (Å²) in [6, 6.07) is 3.43. The highest BCUT2D eigenvalue weighted by atomic mass is 19.1. The number of carbonyl (C=O) groups excluding carboxylic acids is 1. The Bertz CT molecular complexity index is 702. The molecule has 0 N–H and O–H groups in total. The first kappa shape index (κ1) is 12.7. The Hall–Kier alpha value is -2.30. The van der Waals surface area contributed by atoms with Gasteiger partial charge in [0.2, 0.25) is 0 Å². The highest BCUT2D eigenvalue weighted by molar-refractivity contribution is 6.13. The van der Waals surface area contributed by atoms with Gasteiger partial charge in [-0.15, -0.1) is 0 Å². The number of aliphatic imine (C=N–C) groups is 1. The van der Waals surface area contributed by atoms with Gasteiger partial charge >= 0.3 is 0 Å². The molecule has 0 saturated heterocycles. The van der Waals surface area contributed by atoms with Gasteiger partial charge in [0.25, 0.3) is 5.91 Å². The first-order valence-corrected chi connectivity index (χ1v) is 6.17. The van der Waals surface area contributed by atoms with E-state index in [-0.39, 0.29) is 11.5 Å². The third kappa shape index (κ3) is 1.78. The van der Waals surface area contributed by atoms with Crippen molar-refractivity contribution in [1.82, 2.24) is 4.90 Å². The SMILES string of the molecule is CC1(C)C(=O)N=C2C=CC(c3ccc(F)cc3F)=CN21. The summed E-state index contributed by atoms with van der Waals surface area (Å²) in [7, 11) is 0. The molecule has 2 aliphatic heterocycles. The van der Waals surface area contributed by atoms with Crippen LogP contribution in [0.1, 0.15) is 19.4 Å². The molecule has 3 rings (SSSR count). The Morgan fingerprint density at radius 2 is 1.95 bits per heavy atom. The van der Waals surface area contributed by atoms with E-state index in [0.717, 1.165) is 6.07 Å². The maximum absolute atomic E-state index is 13.8. The zero-order chi connectivity index (χ0) is 14.5. The molecule has 1 aromatic carbocycles. The molecule has 0 aromatic heterocycles. The summed E-state index contributed by atoms with van der Waals surface area (Å²) in [5.41, 5.74) is 0.0723. The molecule has 0 atom stereocenters. The van der Waals surface area contributed by atoms with Crippen LogP contribution in [0.15, 0.2) is 41.5 Å². The maximum Gasteiger partial charge on any atom is 0.273 e. The maximum atomic E-state index is 13.8. The van der Waals surface area contributed by atoms with Gasteiger partial charge in [0, 0.05) is 23.4 Å². The summed E-state index contributed by atoms with van der Waals surface area (Å²) < 4.78 is 26.8. The molecule has 2 heterocycles. The van der Waals surface area contributed by atoms with Gasteiger partial charge in [0.1, 0.15) is 23.0 Å². The Morgan fingerprint density at radius 3 is 2.65 bits per heavy atom. The van der Waals surface area contributed by atoms with Crippen molar-refractivity contribution in [3.05, 3.63) is 53.7 Å². The molecule has 0 spiro atoms. The number of carbonyl (C=O) groups is 1. The van der Waals surface area contributed by atoms with Crippen LogP contribution in [0.4, 0.5) is 8.78 Å². The second-order valence-corrected chi connectivity index (χ2v) is 5.25. The van der Waals surface area contributed by atoms with Gasteiger partial charge in [0.05, 0.1) is 0 Å². The van der Waals surface area contributed by atoms with Gasteiger partial charge in [-0.1, -0.05) is 0 Å². The van der Waals surface area contributed by atoms with Crippen LogP contribution >= 0.6 is 0 Å². The van der Waals surface area contributed by atoms with Crippen LogP contribution in [-0.2, 0) is 4.79 Å². The van der Waals surface area contributed by atoms with Crippen molar-refractivity contribution in [3.63, 3.8) is 0 Å². The Morgan fingerprint density at radius 1 is 1.20 bits per heavy atom. The normalized spacial score (nSPS) is 19.8. The van der Waals surface area contributed by atoms with Gasteiger partial charge in [0.15, 0.2) is 0 Å². The molecule has 102 valence electrons. The van der Waals surface area contributed by atoms with Crippen molar-refractivity contribution >= 4 is 17.3 Å². The van der Waals surface area contributed by atoms with Crippen molar-refractivity contribution in [2.24, 2.45) is 4.99 Å². The number of hydrogen-bond donors (Lipinski definition) is 0. The molecule has 0 fully saturated rings. The standard InChI is InChI=1S/C15H12F2N2O/c1-15(2)14(20)18-13-6-3-9(8-19(13)15)11-5-4-10(16)7-12(11)17/h3-8H,1-2H3. The second-order valence-electron chi connectivity index (χ2n) is 5.25. The quantitative estimate of drug-likeness (QED) is 0.788. The summed E-state index contributed by atoms with van der Waals surface area (Å²) in [4.78, 5) is 17.4. The number of rotatable bonds is 1. The monoisotopic (exact) mass is 274 g/mol. The molecule has 0 radical (unpaired) electrons. The van der Waals surface area contributed by atoms with E-state index in [1.165, 1.54) is 12.1 Å². The fraction of sp³-hybridized carbons (Fsp3) is 0.200. The summed E-state index contributed by atoms with van der Waals surface area (Å²) in [6.45, 7) is 3.50. The Kier molecular flexibility index (Phi) is 2.61. The van der Waals surface area contributed by atoms with E-state index in [4.69, 9.17) is 0 Å². The van der Waals surface area contributed by atoms with Crippen LogP contribution in [-0.4, -0.2) is 22.2 Å². The van der Waals surface area contributed by atoms with Gasteiger partial charge in [-0.25, -0.2) is 8.78 Å². The number of amides is 1. The lowest BCUT2D eigenvalue weighted by Gasteiger charge is -2.31. The molecule has 0 aliphatic carbocycles. The predicted octanol–water partition coefficient (Wildman–Crippen LogP) is 2.89. The van der Waals surface area contributed by atoms with E-state index in [2.05, 4.69) is 4.99 Å². The first-order chi connectivity index (χ1) is 9.39. The molecule has 5 heteroatoms. The lowest BCUT2D eigenvalue weighted by atomic mass is 9.99. The number of hydrogen-bond acceptors (Lipinski definition) is 2. The molecule has 0 unspecified atom stereocenters. The third-order valence-electron chi connectivity index (χ3n) is 3.51. The highest BCUT2D eigenvalue weighted by Gasteiger charge is 2.41. The smallest absolute Gasteiger partial charge is 0.273 e. The molecular formula is C15H12F2N2O. The lowest BCUT2D eigenvalue weighted by Crippen LogP contribution is -2.43. The van der Waals surface area contributed by atoms with E-state index in [1.54, 1.807) is 37.1 Å². The zero-order valence-electron chi connectivity index (χ0n) is 11.0. The van der Waals surface area contributed by atoms with Crippen LogP contribution in [0.2, 0.25) is 0 Å². The van der Waals surface area contributed by atoms with Crippen LogP contribution in [0.3, 0.4) is 0 Å². The van der Waals surface area contributed by atoms with Crippen molar-refractivity contribution < 1.29 is 13.6 Å². The van der Waals surface area contributed by atoms with Gasteiger partial charge in [-0.05, 0) is 38.1 Å². The van der Waals surface area contributed by atoms with Crippen molar-refractivity contribution in [1.29, 1.82) is 0 Å². The molecular weight excluding hydrogens is 262 g/mol. The Labute approximate surface area is 114 Å². The summed E-state index contributed by atoms with van der Waals surface area (Å²) in [6.07, 6.45) is 4.99. The van der Waals surface area contributed by atoms with Crippen LogP contribution < -0.4 is 0 Å². The fourth-order valence-corrected chi connectivity index (χ4v) is 2.26. The van der Waals surface area contributed by atoms with Crippen LogP contribution in [0.5, 0.6) is 0 Å². The number of nitrogens with zero attached hydrogens (tertiary/aromatic N) is 2. The summed E-state index contributed by atoms with van der Waals surface area (Å²) in [5, 5.41) is 0. The van der Waals surface area contributed by atoms with E-state index < -0.39 is 17.2 Å². The number of benzene rings is 1. The average molecular weight is 274 g/mol. The van der Waals surface area contributed by atoms with Crippen molar-refractivity contribution in [2.75, 3.05) is 0 Å². The van der Waals surface area contributed by atoms with Crippen LogP contribution in [0.25, 0.3) is 5.57 Å². The minimum absolute atomic E-state index is 0.241. The third-order valence-corrected chi connectivity index (χ3v) is 3.51. The lowest BCUT2D eigenvalue weighted by molar-refractivity contribution is -0.123. The minimum Gasteiger partial charge on any atom is -0.318 e. The molecule has 20 heavy (non-hydrogen) atoms. The van der Waals surface area contributed by atoms with Crippen molar-refractivity contribution in [3.8, 4) is 0 Å². The van der Waals surface area contributed by atoms with E-state index in [0.29, 0.717) is 11.4 Å². The Balaban J connectivity index is 2.06. The van der Waals surface area contributed by atoms with Gasteiger partial charge < -0.3 is 4.90 Å². The predicted molar refractivity (Wildman–Crippen MR) is 71.8 cm³/mol. The largest absolute Gasteiger partial charge is 0.318 e. The molecule has 1 amide bonds. The molecule has 2 aliphatic rings.